The number of hydrogen-bond donors (Lipinski definition) is 2. The summed E-state index contributed by atoms with van der Waals surface area (Å²) < 4.78 is 38.8. The molecule has 0 amide bonds. The first kappa shape index (κ1) is 18.0. The van der Waals surface area contributed by atoms with Crippen molar-refractivity contribution in [2.45, 2.75) is 38.4 Å². The number of hydrogen-bond acceptors (Lipinski definition) is 5. The molecule has 2 aromatic rings. The van der Waals surface area contributed by atoms with E-state index in [-0.39, 0.29) is 0 Å². The fourth-order valence-corrected chi connectivity index (χ4v) is 4.04. The van der Waals surface area contributed by atoms with Crippen molar-refractivity contribution < 1.29 is 18.3 Å². The molecular formula is C19H21F3N4O. The number of halogens is 3. The van der Waals surface area contributed by atoms with Crippen LogP contribution in [0.4, 0.5) is 19.0 Å². The van der Waals surface area contributed by atoms with Gasteiger partial charge in [-0.05, 0) is 56.5 Å². The lowest BCUT2D eigenvalue weighted by atomic mass is 9.99. The molecule has 4 rings (SSSR count). The van der Waals surface area contributed by atoms with E-state index in [0.29, 0.717) is 22.9 Å². The van der Waals surface area contributed by atoms with E-state index in [1.807, 2.05) is 6.07 Å². The lowest BCUT2D eigenvalue weighted by Crippen LogP contribution is -2.45. The summed E-state index contributed by atoms with van der Waals surface area (Å²) in [5.41, 5.74) is 1.18. The van der Waals surface area contributed by atoms with Gasteiger partial charge < -0.3 is 15.3 Å². The second-order valence-electron chi connectivity index (χ2n) is 7.21. The number of benzene rings is 1. The smallest absolute Gasteiger partial charge is 0.416 e. The minimum Gasteiger partial charge on any atom is -0.507 e. The second kappa shape index (κ2) is 6.67. The van der Waals surface area contributed by atoms with Crippen LogP contribution in [0.15, 0.2) is 18.2 Å². The van der Waals surface area contributed by atoms with Crippen molar-refractivity contribution in [2.75, 3.05) is 24.5 Å². The highest BCUT2D eigenvalue weighted by atomic mass is 19.4. The molecule has 1 fully saturated rings. The molecule has 2 aliphatic rings. The fraction of sp³-hybridized carbons (Fsp3) is 0.474. The quantitative estimate of drug-likeness (QED) is 0.840. The number of nitrogens with zero attached hydrogens (tertiary/aromatic N) is 3. The van der Waals surface area contributed by atoms with E-state index in [1.54, 1.807) is 6.92 Å². The molecule has 144 valence electrons. The Bertz CT molecular complexity index is 840. The van der Waals surface area contributed by atoms with E-state index in [4.69, 9.17) is 0 Å². The van der Waals surface area contributed by atoms with Gasteiger partial charge in [0.05, 0.1) is 11.3 Å². The zero-order valence-electron chi connectivity index (χ0n) is 15.0. The van der Waals surface area contributed by atoms with Crippen molar-refractivity contribution in [1.82, 2.24) is 15.5 Å². The van der Waals surface area contributed by atoms with Gasteiger partial charge in [-0.1, -0.05) is 0 Å². The Kier molecular flexibility index (Phi) is 4.46. The van der Waals surface area contributed by atoms with Gasteiger partial charge in [0.15, 0.2) is 5.82 Å². The second-order valence-corrected chi connectivity index (χ2v) is 7.21. The number of fused-ring (bicyclic) bond motifs is 1. The van der Waals surface area contributed by atoms with Crippen LogP contribution >= 0.6 is 0 Å². The van der Waals surface area contributed by atoms with Crippen LogP contribution in [0.1, 0.15) is 29.5 Å². The highest BCUT2D eigenvalue weighted by molar-refractivity contribution is 5.73. The van der Waals surface area contributed by atoms with Gasteiger partial charge in [-0.2, -0.15) is 13.2 Å². The van der Waals surface area contributed by atoms with Gasteiger partial charge in [0, 0.05) is 30.3 Å². The van der Waals surface area contributed by atoms with Gasteiger partial charge in [0.25, 0.3) is 0 Å². The van der Waals surface area contributed by atoms with E-state index in [2.05, 4.69) is 20.4 Å². The summed E-state index contributed by atoms with van der Waals surface area (Å²) in [6, 6.07) is 4.01. The number of phenols is 1. The molecule has 0 unspecified atom stereocenters. The molecular weight excluding hydrogens is 357 g/mol. The largest absolute Gasteiger partial charge is 0.507 e. The molecule has 0 saturated carbocycles. The van der Waals surface area contributed by atoms with E-state index < -0.39 is 17.5 Å². The molecule has 0 bridgehead atoms. The van der Waals surface area contributed by atoms with E-state index in [9.17, 15) is 18.3 Å². The number of alkyl halides is 3. The summed E-state index contributed by atoms with van der Waals surface area (Å²) in [4.78, 5) is 2.26. The number of rotatable bonds is 2. The first-order chi connectivity index (χ1) is 12.8. The Labute approximate surface area is 155 Å². The topological polar surface area (TPSA) is 61.3 Å². The number of piperidine rings is 1. The van der Waals surface area contributed by atoms with Crippen LogP contribution in [-0.2, 0) is 12.6 Å². The summed E-state index contributed by atoms with van der Waals surface area (Å²) in [5.74, 6) is 0.416. The number of nitrogens with one attached hydrogen (secondary N) is 1. The molecule has 2 aliphatic heterocycles. The lowest BCUT2D eigenvalue weighted by molar-refractivity contribution is -0.137. The number of aromatic nitrogens is 2. The Morgan fingerprint density at radius 3 is 2.70 bits per heavy atom. The third-order valence-electron chi connectivity index (χ3n) is 5.35. The van der Waals surface area contributed by atoms with Crippen molar-refractivity contribution in [3.05, 3.63) is 34.9 Å². The summed E-state index contributed by atoms with van der Waals surface area (Å²) in [7, 11) is 0. The Balaban J connectivity index is 1.67. The van der Waals surface area contributed by atoms with Crippen molar-refractivity contribution in [1.29, 1.82) is 0 Å². The van der Waals surface area contributed by atoms with Crippen molar-refractivity contribution in [3.63, 3.8) is 0 Å². The summed E-state index contributed by atoms with van der Waals surface area (Å²) >= 11 is 0. The van der Waals surface area contributed by atoms with Crippen molar-refractivity contribution >= 4 is 5.82 Å². The monoisotopic (exact) mass is 378 g/mol. The first-order valence-electron chi connectivity index (χ1n) is 9.10. The van der Waals surface area contributed by atoms with Crippen LogP contribution in [0, 0.1) is 6.92 Å². The standard InChI is InChI=1S/C19H21F3N4O/c1-11-7-13(19(20,21)22)9-16(27)17(11)15-8-12-4-6-26(18(12)25-24-15)14-3-2-5-23-10-14/h7-9,14,23,27H,2-6,10H2,1H3/t14-/m1/s1. The number of phenolic OH excluding ortho intramolecular Hbond substituents is 1. The Morgan fingerprint density at radius 2 is 2.04 bits per heavy atom. The molecule has 1 atom stereocenters. The van der Waals surface area contributed by atoms with Crippen molar-refractivity contribution in [2.24, 2.45) is 0 Å². The Morgan fingerprint density at radius 1 is 1.22 bits per heavy atom. The molecule has 0 spiro atoms. The third-order valence-corrected chi connectivity index (χ3v) is 5.35. The predicted molar refractivity (Wildman–Crippen MR) is 95.8 cm³/mol. The van der Waals surface area contributed by atoms with Gasteiger partial charge >= 0.3 is 6.18 Å². The molecule has 1 saturated heterocycles. The first-order valence-corrected chi connectivity index (χ1v) is 9.10. The van der Waals surface area contributed by atoms with Crippen LogP contribution in [0.25, 0.3) is 11.3 Å². The maximum absolute atomic E-state index is 12.9. The molecule has 0 radical (unpaired) electrons. The average molecular weight is 378 g/mol. The van der Waals surface area contributed by atoms with Crippen LogP contribution < -0.4 is 10.2 Å². The van der Waals surface area contributed by atoms with E-state index >= 15 is 0 Å². The van der Waals surface area contributed by atoms with Gasteiger partial charge in [0.2, 0.25) is 0 Å². The van der Waals surface area contributed by atoms with Gasteiger partial charge in [-0.15, -0.1) is 10.2 Å². The number of anilines is 1. The maximum atomic E-state index is 12.9. The van der Waals surface area contributed by atoms with E-state index in [1.165, 1.54) is 0 Å². The molecule has 1 aromatic heterocycles. The molecule has 8 heteroatoms. The molecule has 1 aromatic carbocycles. The van der Waals surface area contributed by atoms with Gasteiger partial charge in [0.1, 0.15) is 5.75 Å². The number of aromatic hydroxyl groups is 1. The highest BCUT2D eigenvalue weighted by Crippen LogP contribution is 2.39. The van der Waals surface area contributed by atoms with Gasteiger partial charge in [-0.25, -0.2) is 0 Å². The zero-order valence-corrected chi connectivity index (χ0v) is 15.0. The van der Waals surface area contributed by atoms with Crippen LogP contribution in [0.3, 0.4) is 0 Å². The highest BCUT2D eigenvalue weighted by Gasteiger charge is 2.33. The molecule has 5 nitrogen and oxygen atoms in total. The van der Waals surface area contributed by atoms with E-state index in [0.717, 1.165) is 62.4 Å². The van der Waals surface area contributed by atoms with Crippen LogP contribution in [0.5, 0.6) is 5.75 Å². The third kappa shape index (κ3) is 3.34. The summed E-state index contributed by atoms with van der Waals surface area (Å²) in [6.45, 7) is 4.35. The summed E-state index contributed by atoms with van der Waals surface area (Å²) in [6.07, 6.45) is -1.46. The molecule has 0 aliphatic carbocycles. The van der Waals surface area contributed by atoms with Crippen LogP contribution in [0.2, 0.25) is 0 Å². The minimum atomic E-state index is -4.50. The molecule has 3 heterocycles. The zero-order chi connectivity index (χ0) is 19.2. The summed E-state index contributed by atoms with van der Waals surface area (Å²) in [5, 5.41) is 22.2. The minimum absolute atomic E-state index is 0.302. The SMILES string of the molecule is Cc1cc(C(F)(F)F)cc(O)c1-c1cc2c(nn1)N([C@@H]1CCCNC1)CC2. The number of aryl methyl sites for hydroxylation is 1. The maximum Gasteiger partial charge on any atom is 0.416 e. The van der Waals surface area contributed by atoms with Gasteiger partial charge in [-0.3, -0.25) is 0 Å². The molecule has 27 heavy (non-hydrogen) atoms. The lowest BCUT2D eigenvalue weighted by Gasteiger charge is -2.32. The normalized spacial score (nSPS) is 20.0. The van der Waals surface area contributed by atoms with Crippen molar-refractivity contribution in [3.8, 4) is 17.0 Å². The predicted octanol–water partition coefficient (Wildman–Crippen LogP) is 3.29. The average Bonchev–Trinajstić information content (AvgIpc) is 3.04. The molecule has 2 N–H and O–H groups in total. The fourth-order valence-electron chi connectivity index (χ4n) is 4.04. The Hall–Kier alpha value is -2.35. The van der Waals surface area contributed by atoms with Crippen LogP contribution in [-0.4, -0.2) is 41.0 Å².